The molecule has 1 aromatic heterocycles. The van der Waals surface area contributed by atoms with Crippen LogP contribution in [-0.2, 0) is 4.79 Å². The highest BCUT2D eigenvalue weighted by molar-refractivity contribution is 5.89. The summed E-state index contributed by atoms with van der Waals surface area (Å²) in [5, 5.41) is 15.7. The van der Waals surface area contributed by atoms with Crippen LogP contribution in [0.5, 0.6) is 0 Å². The highest BCUT2D eigenvalue weighted by atomic mass is 16.2. The number of allylic oxidation sites excluding steroid dienone is 1. The van der Waals surface area contributed by atoms with E-state index in [4.69, 9.17) is 0 Å². The van der Waals surface area contributed by atoms with Crippen molar-refractivity contribution in [2.45, 2.75) is 44.2 Å². The Labute approximate surface area is 181 Å². The molecular weight excluding hydrogens is 388 g/mol. The van der Waals surface area contributed by atoms with Gasteiger partial charge in [0, 0.05) is 6.04 Å². The zero-order chi connectivity index (χ0) is 21.0. The minimum absolute atomic E-state index is 0.00134. The number of anilines is 1. The van der Waals surface area contributed by atoms with E-state index in [0.717, 1.165) is 29.7 Å². The Bertz CT molecular complexity index is 1060. The van der Waals surface area contributed by atoms with Crippen LogP contribution in [0.25, 0.3) is 5.70 Å². The second-order valence-electron chi connectivity index (χ2n) is 8.19. The van der Waals surface area contributed by atoms with Crippen molar-refractivity contribution in [3.05, 3.63) is 77.9 Å². The van der Waals surface area contributed by atoms with Crippen LogP contribution >= 0.6 is 0 Å². The number of carbonyl (C=O) groups is 1. The first-order valence-electron chi connectivity index (χ1n) is 11.0. The van der Waals surface area contributed by atoms with Gasteiger partial charge < -0.3 is 5.32 Å². The lowest BCUT2D eigenvalue weighted by molar-refractivity contribution is -0.120. The molecule has 7 heteroatoms. The van der Waals surface area contributed by atoms with E-state index in [0.29, 0.717) is 5.95 Å². The molecule has 1 amide bonds. The summed E-state index contributed by atoms with van der Waals surface area (Å²) in [7, 11) is 0. The van der Waals surface area contributed by atoms with Crippen LogP contribution in [0.3, 0.4) is 0 Å². The van der Waals surface area contributed by atoms with Gasteiger partial charge in [0.1, 0.15) is 12.6 Å². The maximum Gasteiger partial charge on any atom is 0.251 e. The molecule has 2 aliphatic rings. The van der Waals surface area contributed by atoms with Gasteiger partial charge >= 0.3 is 0 Å². The summed E-state index contributed by atoms with van der Waals surface area (Å²) in [5.41, 5.74) is 3.06. The van der Waals surface area contributed by atoms with Gasteiger partial charge in [-0.15, -0.1) is 0 Å². The van der Waals surface area contributed by atoms with E-state index in [1.54, 1.807) is 4.68 Å². The molecule has 2 heterocycles. The number of rotatable bonds is 5. The number of hydrogen-bond acceptors (Lipinski definition) is 5. The van der Waals surface area contributed by atoms with Gasteiger partial charge in [-0.3, -0.25) is 9.69 Å². The lowest BCUT2D eigenvalue weighted by Gasteiger charge is -2.33. The van der Waals surface area contributed by atoms with Crippen LogP contribution in [0.1, 0.15) is 49.3 Å². The van der Waals surface area contributed by atoms with Crippen molar-refractivity contribution in [1.82, 2.24) is 25.5 Å². The second-order valence-corrected chi connectivity index (χ2v) is 8.19. The molecule has 1 fully saturated rings. The fourth-order valence-corrected chi connectivity index (χ4v) is 4.53. The smallest absolute Gasteiger partial charge is 0.251 e. The number of carbonyl (C=O) groups excluding carboxylic acids is 1. The molecule has 0 unspecified atom stereocenters. The third-order valence-electron chi connectivity index (χ3n) is 6.07. The fourth-order valence-electron chi connectivity index (χ4n) is 4.53. The van der Waals surface area contributed by atoms with Crippen molar-refractivity contribution in [2.24, 2.45) is 0 Å². The van der Waals surface area contributed by atoms with E-state index in [1.807, 2.05) is 41.3 Å². The summed E-state index contributed by atoms with van der Waals surface area (Å²) in [6.07, 6.45) is 7.88. The largest absolute Gasteiger partial charge is 0.352 e. The molecule has 2 aromatic carbocycles. The number of nitrogens with zero attached hydrogens (tertiary/aromatic N) is 5. The van der Waals surface area contributed by atoms with Crippen molar-refractivity contribution in [1.29, 1.82) is 0 Å². The van der Waals surface area contributed by atoms with Gasteiger partial charge in [-0.05, 0) is 40.5 Å². The summed E-state index contributed by atoms with van der Waals surface area (Å²) in [6.45, 7) is 0.180. The second kappa shape index (κ2) is 8.71. The average Bonchev–Trinajstić information content (AvgIpc) is 3.31. The maximum atomic E-state index is 13.0. The first kappa shape index (κ1) is 19.5. The average molecular weight is 415 g/mol. The van der Waals surface area contributed by atoms with E-state index in [1.165, 1.54) is 19.3 Å². The van der Waals surface area contributed by atoms with Crippen LogP contribution in [0.4, 0.5) is 5.95 Å². The first-order valence-corrected chi connectivity index (χ1v) is 11.0. The van der Waals surface area contributed by atoms with Crippen LogP contribution < -0.4 is 10.2 Å². The molecule has 0 spiro atoms. The molecule has 0 bridgehead atoms. The quantitative estimate of drug-likeness (QED) is 0.691. The molecule has 1 atom stereocenters. The number of tetrazole rings is 1. The number of amides is 1. The van der Waals surface area contributed by atoms with Crippen LogP contribution in [-0.4, -0.2) is 38.7 Å². The molecule has 31 heavy (non-hydrogen) atoms. The Balaban J connectivity index is 1.49. The normalized spacial score (nSPS) is 18.9. The SMILES string of the molecule is O=C(CN1C(c2ccccc2)=C[C@@H](c2ccccc2)n2nnnc21)NC1CCCCC1. The molecule has 1 aliphatic carbocycles. The molecule has 1 saturated carbocycles. The first-order chi connectivity index (χ1) is 15.3. The van der Waals surface area contributed by atoms with E-state index in [2.05, 4.69) is 51.2 Å². The van der Waals surface area contributed by atoms with Gasteiger partial charge in [0.05, 0.1) is 5.70 Å². The zero-order valence-corrected chi connectivity index (χ0v) is 17.4. The molecule has 3 aromatic rings. The van der Waals surface area contributed by atoms with E-state index in [9.17, 15) is 4.79 Å². The summed E-state index contributed by atoms with van der Waals surface area (Å²) in [5.74, 6) is 0.579. The maximum absolute atomic E-state index is 13.0. The lowest BCUT2D eigenvalue weighted by Crippen LogP contribution is -2.44. The molecule has 5 rings (SSSR count). The molecular formula is C24H26N6O. The number of nitrogens with one attached hydrogen (secondary N) is 1. The number of hydrogen-bond donors (Lipinski definition) is 1. The van der Waals surface area contributed by atoms with E-state index < -0.39 is 0 Å². The summed E-state index contributed by atoms with van der Waals surface area (Å²) >= 11 is 0. The monoisotopic (exact) mass is 414 g/mol. The topological polar surface area (TPSA) is 75.9 Å². The van der Waals surface area contributed by atoms with Crippen molar-refractivity contribution in [3.63, 3.8) is 0 Å². The number of fused-ring (bicyclic) bond motifs is 1. The number of benzene rings is 2. The molecule has 1 aliphatic heterocycles. The summed E-state index contributed by atoms with van der Waals surface area (Å²) in [4.78, 5) is 14.9. The van der Waals surface area contributed by atoms with E-state index in [-0.39, 0.29) is 24.5 Å². The Morgan fingerprint density at radius 2 is 1.68 bits per heavy atom. The van der Waals surface area contributed by atoms with Gasteiger partial charge in [0.15, 0.2) is 0 Å². The highest BCUT2D eigenvalue weighted by Gasteiger charge is 2.32. The predicted molar refractivity (Wildman–Crippen MR) is 119 cm³/mol. The van der Waals surface area contributed by atoms with Crippen molar-refractivity contribution in [2.75, 3.05) is 11.4 Å². The fraction of sp³-hybridized carbons (Fsp3) is 0.333. The van der Waals surface area contributed by atoms with Gasteiger partial charge in [-0.2, -0.15) is 4.68 Å². The van der Waals surface area contributed by atoms with Gasteiger partial charge in [-0.1, -0.05) is 85.0 Å². The zero-order valence-electron chi connectivity index (χ0n) is 17.4. The molecule has 7 nitrogen and oxygen atoms in total. The Morgan fingerprint density at radius 1 is 0.968 bits per heavy atom. The van der Waals surface area contributed by atoms with Crippen molar-refractivity contribution >= 4 is 17.6 Å². The molecule has 1 N–H and O–H groups in total. The van der Waals surface area contributed by atoms with Crippen LogP contribution in [0.2, 0.25) is 0 Å². The minimum atomic E-state index is -0.140. The van der Waals surface area contributed by atoms with E-state index >= 15 is 0 Å². The van der Waals surface area contributed by atoms with Gasteiger partial charge in [-0.25, -0.2) is 0 Å². The van der Waals surface area contributed by atoms with Gasteiger partial charge in [0.2, 0.25) is 5.91 Å². The summed E-state index contributed by atoms with van der Waals surface area (Å²) < 4.78 is 1.79. The minimum Gasteiger partial charge on any atom is -0.352 e. The third kappa shape index (κ3) is 4.08. The van der Waals surface area contributed by atoms with Gasteiger partial charge in [0.25, 0.3) is 5.95 Å². The molecule has 0 radical (unpaired) electrons. The Kier molecular flexibility index (Phi) is 5.48. The van der Waals surface area contributed by atoms with Crippen molar-refractivity contribution < 1.29 is 4.79 Å². The lowest BCUT2D eigenvalue weighted by atomic mass is 9.95. The van der Waals surface area contributed by atoms with Crippen LogP contribution in [0.15, 0.2) is 66.7 Å². The highest BCUT2D eigenvalue weighted by Crippen LogP contribution is 2.35. The van der Waals surface area contributed by atoms with Crippen molar-refractivity contribution in [3.8, 4) is 0 Å². The Hall–Kier alpha value is -3.48. The standard InChI is InChI=1S/C24H26N6O/c31-23(25-20-14-8-3-9-15-20)17-29-21(18-10-4-1-5-11-18)16-22(19-12-6-2-7-13-19)30-24(29)26-27-28-30/h1-2,4-7,10-13,16,20,22H,3,8-9,14-15,17H2,(H,25,31)/t22-/m0/s1. The van der Waals surface area contributed by atoms with Crippen LogP contribution in [0, 0.1) is 0 Å². The summed E-state index contributed by atoms with van der Waals surface area (Å²) in [6, 6.07) is 20.4. The molecule has 0 saturated heterocycles. The molecule has 158 valence electrons. The number of aromatic nitrogens is 4. The predicted octanol–water partition coefficient (Wildman–Crippen LogP) is 3.57. The third-order valence-corrected chi connectivity index (χ3v) is 6.07. The Morgan fingerprint density at radius 3 is 2.42 bits per heavy atom.